The lowest BCUT2D eigenvalue weighted by atomic mass is 10.1. The molecule has 0 atom stereocenters. The van der Waals surface area contributed by atoms with E-state index in [1.54, 1.807) is 58.3 Å². The third kappa shape index (κ3) is 4.43. The summed E-state index contributed by atoms with van der Waals surface area (Å²) in [7, 11) is 0. The van der Waals surface area contributed by atoms with E-state index in [1.165, 1.54) is 6.92 Å². The molecule has 0 aliphatic carbocycles. The number of nitrogens with one attached hydrogen (secondary N) is 1. The molecule has 0 bridgehead atoms. The summed E-state index contributed by atoms with van der Waals surface area (Å²) >= 11 is 0. The molecule has 0 saturated carbocycles. The standard InChI is InChI=1S/C21H21N3O4/c1-15(26)16-5-7-19(8-6-16)22-20(27)17-3-2-4-18(13-17)21(28)24-11-9-23(14-25)10-12-24/h2-8,13-14H,9-12H2,1H3,(H,22,27). The number of anilines is 1. The van der Waals surface area contributed by atoms with Crippen molar-refractivity contribution in [2.45, 2.75) is 6.92 Å². The van der Waals surface area contributed by atoms with Gasteiger partial charge in [-0.3, -0.25) is 19.2 Å². The van der Waals surface area contributed by atoms with E-state index in [0.717, 1.165) is 6.41 Å². The molecule has 7 nitrogen and oxygen atoms in total. The number of amides is 3. The minimum absolute atomic E-state index is 0.0435. The average molecular weight is 379 g/mol. The SMILES string of the molecule is CC(=O)c1ccc(NC(=O)c2cccc(C(=O)N3CCN(C=O)CC3)c2)cc1. The van der Waals surface area contributed by atoms with Gasteiger partial charge < -0.3 is 15.1 Å². The van der Waals surface area contributed by atoms with Gasteiger partial charge in [-0.05, 0) is 49.4 Å². The van der Waals surface area contributed by atoms with Gasteiger partial charge in [0.25, 0.3) is 11.8 Å². The minimum Gasteiger partial charge on any atom is -0.342 e. The van der Waals surface area contributed by atoms with Crippen molar-refractivity contribution in [1.29, 1.82) is 0 Å². The Hall–Kier alpha value is -3.48. The van der Waals surface area contributed by atoms with Gasteiger partial charge in [-0.25, -0.2) is 0 Å². The minimum atomic E-state index is -0.337. The van der Waals surface area contributed by atoms with Crippen molar-refractivity contribution in [3.05, 3.63) is 65.2 Å². The maximum Gasteiger partial charge on any atom is 0.255 e. The van der Waals surface area contributed by atoms with E-state index in [-0.39, 0.29) is 17.6 Å². The highest BCUT2D eigenvalue weighted by Gasteiger charge is 2.22. The monoisotopic (exact) mass is 379 g/mol. The number of benzene rings is 2. The number of hydrogen-bond acceptors (Lipinski definition) is 4. The number of ketones is 1. The normalized spacial score (nSPS) is 13.8. The first-order valence-corrected chi connectivity index (χ1v) is 8.99. The summed E-state index contributed by atoms with van der Waals surface area (Å²) in [5.74, 6) is -0.542. The summed E-state index contributed by atoms with van der Waals surface area (Å²) in [5.41, 5.74) is 1.93. The van der Waals surface area contributed by atoms with Gasteiger partial charge in [-0.1, -0.05) is 6.07 Å². The maximum atomic E-state index is 12.7. The molecule has 3 amide bonds. The maximum absolute atomic E-state index is 12.7. The Labute approximate surface area is 162 Å². The molecular formula is C21H21N3O4. The van der Waals surface area contributed by atoms with Crippen LogP contribution in [0.3, 0.4) is 0 Å². The van der Waals surface area contributed by atoms with Crippen LogP contribution in [0.1, 0.15) is 38.0 Å². The quantitative estimate of drug-likeness (QED) is 0.636. The van der Waals surface area contributed by atoms with Crippen molar-refractivity contribution in [2.75, 3.05) is 31.5 Å². The zero-order valence-electron chi connectivity index (χ0n) is 15.6. The molecule has 0 spiro atoms. The van der Waals surface area contributed by atoms with Gasteiger partial charge in [-0.15, -0.1) is 0 Å². The van der Waals surface area contributed by atoms with Gasteiger partial charge in [0.2, 0.25) is 6.41 Å². The van der Waals surface area contributed by atoms with Crippen LogP contribution in [0.5, 0.6) is 0 Å². The Morgan fingerprint density at radius 2 is 1.54 bits per heavy atom. The van der Waals surface area contributed by atoms with Crippen LogP contribution < -0.4 is 5.32 Å². The van der Waals surface area contributed by atoms with Crippen LogP contribution in [0.2, 0.25) is 0 Å². The molecule has 7 heteroatoms. The van der Waals surface area contributed by atoms with E-state index in [4.69, 9.17) is 0 Å². The second kappa shape index (κ2) is 8.47. The van der Waals surface area contributed by atoms with Gasteiger partial charge in [0.15, 0.2) is 5.78 Å². The topological polar surface area (TPSA) is 86.8 Å². The van der Waals surface area contributed by atoms with Crippen LogP contribution in [0.4, 0.5) is 5.69 Å². The Kier molecular flexibility index (Phi) is 5.84. The summed E-state index contributed by atoms with van der Waals surface area (Å²) in [6.07, 6.45) is 0.787. The Morgan fingerprint density at radius 1 is 0.893 bits per heavy atom. The van der Waals surface area contributed by atoms with E-state index < -0.39 is 0 Å². The van der Waals surface area contributed by atoms with Crippen LogP contribution in [0, 0.1) is 0 Å². The van der Waals surface area contributed by atoms with Crippen molar-refractivity contribution in [2.24, 2.45) is 0 Å². The lowest BCUT2D eigenvalue weighted by molar-refractivity contribution is -0.119. The average Bonchev–Trinajstić information content (AvgIpc) is 2.73. The summed E-state index contributed by atoms with van der Waals surface area (Å²) in [6.45, 7) is 3.43. The molecule has 0 aromatic heterocycles. The molecule has 28 heavy (non-hydrogen) atoms. The number of nitrogens with zero attached hydrogens (tertiary/aromatic N) is 2. The van der Waals surface area contributed by atoms with Gasteiger partial charge >= 0.3 is 0 Å². The third-order valence-electron chi connectivity index (χ3n) is 4.67. The fraction of sp³-hybridized carbons (Fsp3) is 0.238. The fourth-order valence-electron chi connectivity index (χ4n) is 3.00. The highest BCUT2D eigenvalue weighted by Crippen LogP contribution is 2.14. The van der Waals surface area contributed by atoms with Crippen molar-refractivity contribution in [1.82, 2.24) is 9.80 Å². The van der Waals surface area contributed by atoms with Crippen LogP contribution in [0.25, 0.3) is 0 Å². The zero-order chi connectivity index (χ0) is 20.1. The molecule has 1 aliphatic rings. The molecule has 0 radical (unpaired) electrons. The Morgan fingerprint density at radius 3 is 2.14 bits per heavy atom. The number of Topliss-reactive ketones (excluding diaryl/α,β-unsaturated/α-hetero) is 1. The molecule has 1 aliphatic heterocycles. The van der Waals surface area contributed by atoms with E-state index in [2.05, 4.69) is 5.32 Å². The largest absolute Gasteiger partial charge is 0.342 e. The predicted octanol–water partition coefficient (Wildman–Crippen LogP) is 2.06. The van der Waals surface area contributed by atoms with Crippen LogP contribution in [-0.4, -0.2) is 60.0 Å². The molecule has 144 valence electrons. The van der Waals surface area contributed by atoms with E-state index in [0.29, 0.717) is 48.6 Å². The number of carbonyl (C=O) groups is 4. The van der Waals surface area contributed by atoms with Crippen LogP contribution in [0.15, 0.2) is 48.5 Å². The first kappa shape index (κ1) is 19.3. The number of hydrogen-bond donors (Lipinski definition) is 1. The summed E-state index contributed by atoms with van der Waals surface area (Å²) < 4.78 is 0. The molecule has 2 aromatic rings. The predicted molar refractivity (Wildman–Crippen MR) is 104 cm³/mol. The van der Waals surface area contributed by atoms with Gasteiger partial charge in [-0.2, -0.15) is 0 Å². The molecule has 1 N–H and O–H groups in total. The first-order chi connectivity index (χ1) is 13.5. The molecule has 2 aromatic carbocycles. The van der Waals surface area contributed by atoms with Crippen molar-refractivity contribution < 1.29 is 19.2 Å². The van der Waals surface area contributed by atoms with Gasteiger partial charge in [0, 0.05) is 48.6 Å². The van der Waals surface area contributed by atoms with Gasteiger partial charge in [0.05, 0.1) is 0 Å². The Balaban J connectivity index is 1.68. The highest BCUT2D eigenvalue weighted by atomic mass is 16.2. The van der Waals surface area contributed by atoms with Gasteiger partial charge in [0.1, 0.15) is 0 Å². The van der Waals surface area contributed by atoms with E-state index >= 15 is 0 Å². The summed E-state index contributed by atoms with van der Waals surface area (Å²) in [4.78, 5) is 50.6. The van der Waals surface area contributed by atoms with Crippen LogP contribution in [-0.2, 0) is 4.79 Å². The first-order valence-electron chi connectivity index (χ1n) is 8.99. The fourth-order valence-corrected chi connectivity index (χ4v) is 3.00. The van der Waals surface area contributed by atoms with Crippen LogP contribution >= 0.6 is 0 Å². The second-order valence-electron chi connectivity index (χ2n) is 6.60. The summed E-state index contributed by atoms with van der Waals surface area (Å²) in [6, 6.07) is 13.2. The number of rotatable bonds is 5. The zero-order valence-corrected chi connectivity index (χ0v) is 15.6. The second-order valence-corrected chi connectivity index (χ2v) is 6.60. The lowest BCUT2D eigenvalue weighted by Crippen LogP contribution is -2.48. The molecular weight excluding hydrogens is 358 g/mol. The molecule has 1 fully saturated rings. The van der Waals surface area contributed by atoms with Crippen molar-refractivity contribution >= 4 is 29.7 Å². The van der Waals surface area contributed by atoms with Crippen molar-refractivity contribution in [3.8, 4) is 0 Å². The number of piperazine rings is 1. The summed E-state index contributed by atoms with van der Waals surface area (Å²) in [5, 5.41) is 2.76. The Bertz CT molecular complexity index is 900. The molecule has 3 rings (SSSR count). The third-order valence-corrected chi connectivity index (χ3v) is 4.67. The smallest absolute Gasteiger partial charge is 0.255 e. The van der Waals surface area contributed by atoms with E-state index in [1.807, 2.05) is 0 Å². The molecule has 0 unspecified atom stereocenters. The molecule has 1 saturated heterocycles. The number of carbonyl (C=O) groups excluding carboxylic acids is 4. The molecule has 1 heterocycles. The lowest BCUT2D eigenvalue weighted by Gasteiger charge is -2.32. The van der Waals surface area contributed by atoms with E-state index in [9.17, 15) is 19.2 Å². The van der Waals surface area contributed by atoms with Crippen molar-refractivity contribution in [3.63, 3.8) is 0 Å². The highest BCUT2D eigenvalue weighted by molar-refractivity contribution is 6.06.